The Balaban J connectivity index is 0.00000225. The number of unbranched alkanes of at least 4 members (excludes halogenated alkanes) is 2. The number of aryl methyl sites for hydroxylation is 1. The lowest BCUT2D eigenvalue weighted by molar-refractivity contribution is -0.697. The first kappa shape index (κ1) is 14.5. The molecule has 0 aliphatic carbocycles. The monoisotopic (exact) mass is 238 g/mol. The van der Waals surface area contributed by atoms with Gasteiger partial charge in [-0.1, -0.05) is 5.16 Å². The fourth-order valence-corrected chi connectivity index (χ4v) is 1.29. The zero-order chi connectivity index (χ0) is 10.9. The highest BCUT2D eigenvalue weighted by Gasteiger charge is 1.99. The van der Waals surface area contributed by atoms with Crippen molar-refractivity contribution < 1.29 is 22.2 Å². The molecule has 86 valence electrons. The van der Waals surface area contributed by atoms with Crippen LogP contribution in [-0.4, -0.2) is 11.4 Å². The molecule has 0 fully saturated rings. The van der Waals surface area contributed by atoms with E-state index in [9.17, 15) is 0 Å². The largest absolute Gasteiger partial charge is 1.00 e. The molecular formula is C12H15ClN2O. The van der Waals surface area contributed by atoms with E-state index >= 15 is 0 Å². The van der Waals surface area contributed by atoms with E-state index in [2.05, 4.69) is 15.6 Å². The van der Waals surface area contributed by atoms with Crippen LogP contribution in [0.1, 0.15) is 24.8 Å². The molecule has 1 aromatic rings. The van der Waals surface area contributed by atoms with Crippen molar-refractivity contribution >= 4 is 6.21 Å². The van der Waals surface area contributed by atoms with Crippen LogP contribution in [0.15, 0.2) is 29.7 Å². The van der Waals surface area contributed by atoms with Crippen LogP contribution in [0.4, 0.5) is 0 Å². The summed E-state index contributed by atoms with van der Waals surface area (Å²) in [6.07, 6.45) is 13.5. The minimum Gasteiger partial charge on any atom is -1.00 e. The van der Waals surface area contributed by atoms with Crippen molar-refractivity contribution in [2.45, 2.75) is 25.8 Å². The smallest absolute Gasteiger partial charge is 0.169 e. The molecule has 0 amide bonds. The van der Waals surface area contributed by atoms with Crippen LogP contribution in [0.2, 0.25) is 0 Å². The second-order valence-corrected chi connectivity index (χ2v) is 3.28. The van der Waals surface area contributed by atoms with E-state index in [-0.39, 0.29) is 12.4 Å². The van der Waals surface area contributed by atoms with Gasteiger partial charge in [0.05, 0.1) is 6.21 Å². The van der Waals surface area contributed by atoms with Crippen molar-refractivity contribution in [3.8, 4) is 12.3 Å². The minimum atomic E-state index is 0. The Kier molecular flexibility index (Phi) is 7.92. The molecule has 0 aliphatic heterocycles. The van der Waals surface area contributed by atoms with E-state index < -0.39 is 0 Å². The van der Waals surface area contributed by atoms with Gasteiger partial charge >= 0.3 is 0 Å². The molecular weight excluding hydrogens is 224 g/mol. The van der Waals surface area contributed by atoms with Crippen LogP contribution < -0.4 is 17.0 Å². The summed E-state index contributed by atoms with van der Waals surface area (Å²) in [5.41, 5.74) is 0.886. The highest BCUT2D eigenvalue weighted by atomic mass is 35.5. The van der Waals surface area contributed by atoms with Crippen molar-refractivity contribution in [2.75, 3.05) is 0 Å². The lowest BCUT2D eigenvalue weighted by atomic mass is 10.2. The summed E-state index contributed by atoms with van der Waals surface area (Å²) in [5, 5.41) is 11.3. The molecule has 1 heterocycles. The number of aromatic nitrogens is 1. The van der Waals surface area contributed by atoms with E-state index in [0.717, 1.165) is 31.4 Å². The maximum absolute atomic E-state index is 8.33. The SMILES string of the molecule is C#CCCCC[n+]1ccc(/C=N/O)cc1.[Cl-]. The molecule has 1 aromatic heterocycles. The average molecular weight is 239 g/mol. The normalized spacial score (nSPS) is 9.69. The minimum absolute atomic E-state index is 0. The van der Waals surface area contributed by atoms with Crippen LogP contribution in [0.3, 0.4) is 0 Å². The van der Waals surface area contributed by atoms with Gasteiger partial charge in [-0.2, -0.15) is 0 Å². The Hall–Kier alpha value is -1.53. The summed E-state index contributed by atoms with van der Waals surface area (Å²) in [6.45, 7) is 0.970. The van der Waals surface area contributed by atoms with Gasteiger partial charge in [-0.05, 0) is 6.42 Å². The van der Waals surface area contributed by atoms with Crippen LogP contribution in [0.25, 0.3) is 0 Å². The summed E-state index contributed by atoms with van der Waals surface area (Å²) in [6, 6.07) is 3.81. The van der Waals surface area contributed by atoms with Gasteiger partial charge in [0, 0.05) is 30.5 Å². The van der Waals surface area contributed by atoms with Crippen molar-refractivity contribution in [1.82, 2.24) is 0 Å². The molecule has 4 heteroatoms. The van der Waals surface area contributed by atoms with E-state index in [4.69, 9.17) is 11.6 Å². The number of pyridine rings is 1. The number of terminal acetylenes is 1. The lowest BCUT2D eigenvalue weighted by Crippen LogP contribution is -3.00. The summed E-state index contributed by atoms with van der Waals surface area (Å²) >= 11 is 0. The Morgan fingerprint density at radius 1 is 1.38 bits per heavy atom. The summed E-state index contributed by atoms with van der Waals surface area (Å²) in [7, 11) is 0. The molecule has 0 radical (unpaired) electrons. The van der Waals surface area contributed by atoms with Crippen LogP contribution in [-0.2, 0) is 6.54 Å². The first-order valence-electron chi connectivity index (χ1n) is 4.97. The van der Waals surface area contributed by atoms with Gasteiger partial charge < -0.3 is 17.6 Å². The Labute approximate surface area is 102 Å². The van der Waals surface area contributed by atoms with Crippen molar-refractivity contribution in [3.63, 3.8) is 0 Å². The molecule has 3 nitrogen and oxygen atoms in total. The van der Waals surface area contributed by atoms with Gasteiger partial charge in [0.2, 0.25) is 0 Å². The average Bonchev–Trinajstić information content (AvgIpc) is 2.27. The highest BCUT2D eigenvalue weighted by Crippen LogP contribution is 1.94. The Morgan fingerprint density at radius 3 is 2.62 bits per heavy atom. The lowest BCUT2D eigenvalue weighted by Gasteiger charge is -1.95. The van der Waals surface area contributed by atoms with E-state index in [1.807, 2.05) is 24.5 Å². The number of oxime groups is 1. The standard InChI is InChI=1S/C12H14N2O.ClH/c1-2-3-4-5-8-14-9-6-12(7-10-14)11-13-15;/h1,6-7,9-11H,3-5,8H2;1H. The maximum atomic E-state index is 8.33. The quantitative estimate of drug-likeness (QED) is 0.168. The zero-order valence-corrected chi connectivity index (χ0v) is 9.77. The molecule has 16 heavy (non-hydrogen) atoms. The number of hydrogen-bond donors (Lipinski definition) is 1. The summed E-state index contributed by atoms with van der Waals surface area (Å²) < 4.78 is 2.09. The zero-order valence-electron chi connectivity index (χ0n) is 9.01. The molecule has 1 rings (SSSR count). The van der Waals surface area contributed by atoms with E-state index in [1.165, 1.54) is 6.21 Å². The first-order chi connectivity index (χ1) is 7.36. The first-order valence-corrected chi connectivity index (χ1v) is 4.97. The second-order valence-electron chi connectivity index (χ2n) is 3.28. The van der Waals surface area contributed by atoms with E-state index in [0.29, 0.717) is 0 Å². The van der Waals surface area contributed by atoms with Gasteiger partial charge in [-0.15, -0.1) is 12.3 Å². The predicted octanol–water partition coefficient (Wildman–Crippen LogP) is -1.41. The molecule has 0 unspecified atom stereocenters. The second kappa shape index (κ2) is 8.75. The molecule has 1 N–H and O–H groups in total. The number of hydrogen-bond acceptors (Lipinski definition) is 2. The molecule has 0 atom stereocenters. The third-order valence-corrected chi connectivity index (χ3v) is 2.11. The van der Waals surface area contributed by atoms with Crippen LogP contribution in [0.5, 0.6) is 0 Å². The van der Waals surface area contributed by atoms with Crippen molar-refractivity contribution in [1.29, 1.82) is 0 Å². The topological polar surface area (TPSA) is 36.5 Å². The molecule has 0 saturated carbocycles. The van der Waals surface area contributed by atoms with Gasteiger partial charge in [-0.3, -0.25) is 0 Å². The highest BCUT2D eigenvalue weighted by molar-refractivity contribution is 5.78. The van der Waals surface area contributed by atoms with Gasteiger partial charge in [0.25, 0.3) is 0 Å². The van der Waals surface area contributed by atoms with Gasteiger partial charge in [0.1, 0.15) is 6.54 Å². The number of rotatable bonds is 5. The molecule has 0 aliphatic rings. The van der Waals surface area contributed by atoms with Gasteiger partial charge in [-0.25, -0.2) is 4.57 Å². The van der Waals surface area contributed by atoms with Crippen molar-refractivity contribution in [2.24, 2.45) is 5.16 Å². The number of halogens is 1. The number of nitrogens with zero attached hydrogens (tertiary/aromatic N) is 2. The van der Waals surface area contributed by atoms with E-state index in [1.54, 1.807) is 0 Å². The fraction of sp³-hybridized carbons (Fsp3) is 0.333. The van der Waals surface area contributed by atoms with Crippen LogP contribution in [0, 0.1) is 12.3 Å². The molecule has 0 spiro atoms. The summed E-state index contributed by atoms with van der Waals surface area (Å²) in [5.74, 6) is 2.63. The molecule has 0 bridgehead atoms. The third kappa shape index (κ3) is 5.38. The Bertz CT molecular complexity index is 354. The van der Waals surface area contributed by atoms with Crippen LogP contribution >= 0.6 is 0 Å². The van der Waals surface area contributed by atoms with Crippen molar-refractivity contribution in [3.05, 3.63) is 30.1 Å². The predicted molar refractivity (Wildman–Crippen MR) is 58.7 cm³/mol. The molecule has 0 saturated heterocycles. The fourth-order valence-electron chi connectivity index (χ4n) is 1.29. The van der Waals surface area contributed by atoms with Gasteiger partial charge in [0.15, 0.2) is 12.4 Å². The molecule has 0 aromatic carbocycles. The third-order valence-electron chi connectivity index (χ3n) is 2.11. The Morgan fingerprint density at radius 2 is 2.06 bits per heavy atom. The summed E-state index contributed by atoms with van der Waals surface area (Å²) in [4.78, 5) is 0. The maximum Gasteiger partial charge on any atom is 0.169 e.